The van der Waals surface area contributed by atoms with Crippen LogP contribution >= 0.6 is 22.7 Å². The van der Waals surface area contributed by atoms with Gasteiger partial charge >= 0.3 is 0 Å². The molecule has 0 spiro atoms. The van der Waals surface area contributed by atoms with Crippen LogP contribution in [-0.2, 0) is 13.1 Å². The Balaban J connectivity index is 1.52. The molecule has 0 unspecified atom stereocenters. The normalized spacial score (nSPS) is 11.7. The Hall–Kier alpha value is -2.12. The molecule has 0 saturated carbocycles. The molecule has 5 nitrogen and oxygen atoms in total. The number of nitrogens with one attached hydrogen (secondary N) is 2. The summed E-state index contributed by atoms with van der Waals surface area (Å²) < 4.78 is 5.51. The molecule has 3 heterocycles. The summed E-state index contributed by atoms with van der Waals surface area (Å²) >= 11 is 3.40. The van der Waals surface area contributed by atoms with Gasteiger partial charge in [0.1, 0.15) is 6.26 Å². The zero-order chi connectivity index (χ0) is 16.1. The van der Waals surface area contributed by atoms with Crippen LogP contribution < -0.4 is 10.6 Å². The first kappa shape index (κ1) is 15.8. The van der Waals surface area contributed by atoms with E-state index in [1.165, 1.54) is 9.75 Å². The number of nitrogens with zero attached hydrogens (tertiary/aromatic N) is 2. The van der Waals surface area contributed by atoms with Gasteiger partial charge < -0.3 is 15.1 Å². The molecule has 3 aromatic heterocycles. The quantitative estimate of drug-likeness (QED) is 0.547. The highest BCUT2D eigenvalue weighted by atomic mass is 32.1. The number of thiophene rings is 2. The lowest BCUT2D eigenvalue weighted by Crippen LogP contribution is -2.36. The molecule has 0 aliphatic carbocycles. The summed E-state index contributed by atoms with van der Waals surface area (Å²) in [5, 5.41) is 8.55. The van der Waals surface area contributed by atoms with E-state index in [4.69, 9.17) is 4.42 Å². The maximum Gasteiger partial charge on any atom is 0.236 e. The number of hydrogen-bond donors (Lipinski definition) is 2. The van der Waals surface area contributed by atoms with Gasteiger partial charge in [0.2, 0.25) is 5.89 Å². The number of aryl methyl sites for hydroxylation is 1. The molecule has 0 aromatic carbocycles. The third-order valence-corrected chi connectivity index (χ3v) is 5.03. The van der Waals surface area contributed by atoms with Gasteiger partial charge in [-0.2, -0.15) is 0 Å². The number of aliphatic imine (C=N–C) groups is 1. The highest BCUT2D eigenvalue weighted by Gasteiger charge is 2.08. The Morgan fingerprint density at radius 1 is 1.26 bits per heavy atom. The average Bonchev–Trinajstić information content (AvgIpc) is 3.28. The molecule has 120 valence electrons. The summed E-state index contributed by atoms with van der Waals surface area (Å²) in [6.45, 7) is 3.44. The lowest BCUT2D eigenvalue weighted by molar-refractivity contribution is 0.573. The molecule has 0 amide bonds. The van der Waals surface area contributed by atoms with Crippen LogP contribution in [0.3, 0.4) is 0 Å². The molecule has 0 fully saturated rings. The third-order valence-electron chi connectivity index (χ3n) is 3.17. The lowest BCUT2D eigenvalue weighted by Gasteiger charge is -2.09. The Labute approximate surface area is 143 Å². The minimum Gasteiger partial charge on any atom is -0.443 e. The first-order valence-electron chi connectivity index (χ1n) is 7.22. The predicted molar refractivity (Wildman–Crippen MR) is 95.9 cm³/mol. The second kappa shape index (κ2) is 7.43. The van der Waals surface area contributed by atoms with E-state index in [-0.39, 0.29) is 0 Å². The topological polar surface area (TPSA) is 62.5 Å². The van der Waals surface area contributed by atoms with Gasteiger partial charge in [-0.15, -0.1) is 22.7 Å². The van der Waals surface area contributed by atoms with Crippen molar-refractivity contribution in [3.05, 3.63) is 51.4 Å². The van der Waals surface area contributed by atoms with Crippen molar-refractivity contribution in [2.24, 2.45) is 4.99 Å². The largest absolute Gasteiger partial charge is 0.443 e. The first-order chi connectivity index (χ1) is 11.2. The molecule has 2 N–H and O–H groups in total. The van der Waals surface area contributed by atoms with Gasteiger partial charge in [-0.1, -0.05) is 6.07 Å². The van der Waals surface area contributed by atoms with Crippen molar-refractivity contribution in [2.45, 2.75) is 20.0 Å². The SMILES string of the molecule is CN=C(NCc1coc(-c2cccs2)n1)NCc1ccc(C)s1. The van der Waals surface area contributed by atoms with Gasteiger partial charge in [-0.25, -0.2) is 4.98 Å². The molecule has 0 bridgehead atoms. The summed E-state index contributed by atoms with van der Waals surface area (Å²) in [6, 6.07) is 8.24. The maximum absolute atomic E-state index is 5.51. The lowest BCUT2D eigenvalue weighted by atomic mass is 10.4. The van der Waals surface area contributed by atoms with E-state index in [9.17, 15) is 0 Å². The summed E-state index contributed by atoms with van der Waals surface area (Å²) in [6.07, 6.45) is 1.68. The Morgan fingerprint density at radius 3 is 2.83 bits per heavy atom. The Bertz CT molecular complexity index is 774. The molecule has 3 rings (SSSR count). The third kappa shape index (κ3) is 4.20. The zero-order valence-corrected chi connectivity index (χ0v) is 14.6. The van der Waals surface area contributed by atoms with Crippen molar-refractivity contribution >= 4 is 28.6 Å². The fourth-order valence-corrected chi connectivity index (χ4v) is 3.53. The van der Waals surface area contributed by atoms with Crippen LogP contribution in [0, 0.1) is 6.92 Å². The maximum atomic E-state index is 5.51. The van der Waals surface area contributed by atoms with E-state index in [1.807, 2.05) is 17.5 Å². The van der Waals surface area contributed by atoms with Crippen LogP contribution in [0.2, 0.25) is 0 Å². The number of rotatable bonds is 5. The van der Waals surface area contributed by atoms with Crippen molar-refractivity contribution in [1.82, 2.24) is 15.6 Å². The molecule has 23 heavy (non-hydrogen) atoms. The average molecular weight is 346 g/mol. The molecule has 0 saturated heterocycles. The molecule has 0 aliphatic rings. The molecular weight excluding hydrogens is 328 g/mol. The van der Waals surface area contributed by atoms with Gasteiger partial charge in [0.05, 0.1) is 23.7 Å². The standard InChI is InChI=1S/C16H18N4OS2/c1-11-5-6-13(23-11)9-19-16(17-2)18-8-12-10-21-15(20-12)14-4-3-7-22-14/h3-7,10H,8-9H2,1-2H3,(H2,17,18,19). The predicted octanol–water partition coefficient (Wildman–Crippen LogP) is 3.64. The second-order valence-electron chi connectivity index (χ2n) is 4.91. The van der Waals surface area contributed by atoms with Gasteiger partial charge in [0, 0.05) is 16.8 Å². The van der Waals surface area contributed by atoms with Crippen molar-refractivity contribution in [1.29, 1.82) is 0 Å². The summed E-state index contributed by atoms with van der Waals surface area (Å²) in [5.41, 5.74) is 0.850. The van der Waals surface area contributed by atoms with Crippen molar-refractivity contribution < 1.29 is 4.42 Å². The molecule has 0 atom stereocenters. The minimum atomic E-state index is 0.567. The molecule has 0 aliphatic heterocycles. The number of hydrogen-bond acceptors (Lipinski definition) is 5. The van der Waals surface area contributed by atoms with Gasteiger partial charge in [-0.3, -0.25) is 4.99 Å². The van der Waals surface area contributed by atoms with E-state index in [0.717, 1.165) is 23.1 Å². The monoisotopic (exact) mass is 346 g/mol. The minimum absolute atomic E-state index is 0.567. The van der Waals surface area contributed by atoms with Crippen LogP contribution in [0.25, 0.3) is 10.8 Å². The van der Waals surface area contributed by atoms with E-state index in [0.29, 0.717) is 12.4 Å². The molecular formula is C16H18N4OS2. The molecule has 0 radical (unpaired) electrons. The molecule has 7 heteroatoms. The fraction of sp³-hybridized carbons (Fsp3) is 0.250. The fourth-order valence-electron chi connectivity index (χ4n) is 2.05. The highest BCUT2D eigenvalue weighted by Crippen LogP contribution is 2.23. The smallest absolute Gasteiger partial charge is 0.236 e. The van der Waals surface area contributed by atoms with Gasteiger partial charge in [0.15, 0.2) is 5.96 Å². The highest BCUT2D eigenvalue weighted by molar-refractivity contribution is 7.13. The van der Waals surface area contributed by atoms with Crippen LogP contribution in [0.15, 0.2) is 45.3 Å². The van der Waals surface area contributed by atoms with E-state index >= 15 is 0 Å². The summed E-state index contributed by atoms with van der Waals surface area (Å²) in [7, 11) is 1.76. The van der Waals surface area contributed by atoms with E-state index < -0.39 is 0 Å². The van der Waals surface area contributed by atoms with Crippen molar-refractivity contribution in [3.63, 3.8) is 0 Å². The Kier molecular flexibility index (Phi) is 5.09. The van der Waals surface area contributed by atoms with Crippen molar-refractivity contribution in [3.8, 4) is 10.8 Å². The molecule has 3 aromatic rings. The number of oxazole rings is 1. The van der Waals surface area contributed by atoms with Gasteiger partial charge in [-0.05, 0) is 30.5 Å². The summed E-state index contributed by atoms with van der Waals surface area (Å²) in [5.74, 6) is 1.41. The Morgan fingerprint density at radius 2 is 2.13 bits per heavy atom. The first-order valence-corrected chi connectivity index (χ1v) is 8.92. The van der Waals surface area contributed by atoms with Crippen molar-refractivity contribution in [2.75, 3.05) is 7.05 Å². The second-order valence-corrected chi connectivity index (χ2v) is 7.23. The van der Waals surface area contributed by atoms with Crippen LogP contribution in [-0.4, -0.2) is 18.0 Å². The zero-order valence-electron chi connectivity index (χ0n) is 13.0. The van der Waals surface area contributed by atoms with Crippen LogP contribution in [0.4, 0.5) is 0 Å². The van der Waals surface area contributed by atoms with E-state index in [2.05, 4.69) is 39.7 Å². The van der Waals surface area contributed by atoms with Crippen LogP contribution in [0.1, 0.15) is 15.4 Å². The van der Waals surface area contributed by atoms with Gasteiger partial charge in [0.25, 0.3) is 0 Å². The van der Waals surface area contributed by atoms with Crippen LogP contribution in [0.5, 0.6) is 0 Å². The van der Waals surface area contributed by atoms with E-state index in [1.54, 1.807) is 36.0 Å². The number of guanidine groups is 1. The summed E-state index contributed by atoms with van der Waals surface area (Å²) in [4.78, 5) is 12.3. The number of aromatic nitrogens is 1.